The number of carbonyl (C=O) groups is 1. The number of aliphatic imine (C=N–C) groups is 1. The average molecular weight is 338 g/mol. The van der Waals surface area contributed by atoms with Crippen LogP contribution in [0, 0.1) is 0 Å². The van der Waals surface area contributed by atoms with Gasteiger partial charge in [-0.1, -0.05) is 48.5 Å². The molecule has 0 saturated heterocycles. The molecule has 1 unspecified atom stereocenters. The predicted molar refractivity (Wildman–Crippen MR) is 94.9 cm³/mol. The first-order valence-electron chi connectivity index (χ1n) is 8.32. The van der Waals surface area contributed by atoms with E-state index in [1.807, 2.05) is 0 Å². The molecule has 1 N–H and O–H groups in total. The quantitative estimate of drug-likeness (QED) is 0.559. The molecule has 2 aromatic carbocycles. The summed E-state index contributed by atoms with van der Waals surface area (Å²) in [6, 6.07) is 13.2. The van der Waals surface area contributed by atoms with E-state index in [1.54, 1.807) is 42.6 Å². The molecule has 0 aromatic heterocycles. The van der Waals surface area contributed by atoms with Gasteiger partial charge in [0.2, 0.25) is 0 Å². The van der Waals surface area contributed by atoms with Gasteiger partial charge in [-0.3, -0.25) is 9.79 Å². The van der Waals surface area contributed by atoms with Gasteiger partial charge in [0.05, 0.1) is 0 Å². The third-order valence-electron chi connectivity index (χ3n) is 3.79. The summed E-state index contributed by atoms with van der Waals surface area (Å²) in [4.78, 5) is 15.7. The van der Waals surface area contributed by atoms with Crippen LogP contribution in [-0.4, -0.2) is 25.1 Å². The highest BCUT2D eigenvalue weighted by molar-refractivity contribution is 5.82. The molecule has 0 amide bonds. The molecule has 0 aliphatic heterocycles. The summed E-state index contributed by atoms with van der Waals surface area (Å²) in [6.07, 6.45) is 2.61. The van der Waals surface area contributed by atoms with Crippen LogP contribution in [0.5, 0.6) is 11.5 Å². The lowest BCUT2D eigenvalue weighted by atomic mass is 10.0. The fraction of sp³-hybridized carbons (Fsp3) is 0.300. The van der Waals surface area contributed by atoms with Gasteiger partial charge in [0.25, 0.3) is 0 Å². The van der Waals surface area contributed by atoms with Crippen molar-refractivity contribution in [3.8, 4) is 11.5 Å². The minimum absolute atomic E-state index is 0.0332. The molecule has 2 rings (SSSR count). The fourth-order valence-corrected chi connectivity index (χ4v) is 2.54. The van der Waals surface area contributed by atoms with Crippen molar-refractivity contribution in [1.82, 2.24) is 5.32 Å². The molecule has 1 atom stereocenters. The number of benzene rings is 2. The van der Waals surface area contributed by atoms with Gasteiger partial charge in [0.15, 0.2) is 0 Å². The van der Waals surface area contributed by atoms with Gasteiger partial charge in [-0.05, 0) is 31.0 Å². The first-order valence-corrected chi connectivity index (χ1v) is 8.32. The van der Waals surface area contributed by atoms with Crippen molar-refractivity contribution < 1.29 is 15.0 Å². The lowest BCUT2D eigenvalue weighted by Gasteiger charge is -2.23. The van der Waals surface area contributed by atoms with Crippen LogP contribution in [0.1, 0.15) is 36.9 Å². The standard InChI is InChI=1S/C20H24N2O3/c1-15(23)13-18(17-8-3-5-10-20(17)25)22-12-6-11-21-14-16-7-2-4-9-19(16)24/h2-5,7-10,14,18,22,24-25H,6,11-13H2,1H3/p-2. The molecule has 0 bridgehead atoms. The van der Waals surface area contributed by atoms with Crippen molar-refractivity contribution in [1.29, 1.82) is 0 Å². The summed E-state index contributed by atoms with van der Waals surface area (Å²) in [5, 5.41) is 26.8. The lowest BCUT2D eigenvalue weighted by Crippen LogP contribution is -2.25. The van der Waals surface area contributed by atoms with Gasteiger partial charge in [-0.25, -0.2) is 0 Å². The van der Waals surface area contributed by atoms with Crippen LogP contribution in [0.15, 0.2) is 53.5 Å². The monoisotopic (exact) mass is 338 g/mol. The van der Waals surface area contributed by atoms with E-state index in [2.05, 4.69) is 10.3 Å². The van der Waals surface area contributed by atoms with Crippen molar-refractivity contribution >= 4 is 12.0 Å². The van der Waals surface area contributed by atoms with E-state index in [9.17, 15) is 15.0 Å². The first kappa shape index (κ1) is 18.7. The van der Waals surface area contributed by atoms with Gasteiger partial charge >= 0.3 is 0 Å². The largest absolute Gasteiger partial charge is 0.872 e. The third-order valence-corrected chi connectivity index (χ3v) is 3.79. The Morgan fingerprint density at radius 1 is 1.12 bits per heavy atom. The highest BCUT2D eigenvalue weighted by Crippen LogP contribution is 2.24. The topological polar surface area (TPSA) is 87.6 Å². The number of para-hydroxylation sites is 2. The van der Waals surface area contributed by atoms with E-state index >= 15 is 0 Å². The Hall–Kier alpha value is -2.66. The summed E-state index contributed by atoms with van der Waals surface area (Å²) < 4.78 is 0. The van der Waals surface area contributed by atoms with Gasteiger partial charge in [-0.15, -0.1) is 11.5 Å². The van der Waals surface area contributed by atoms with Crippen LogP contribution < -0.4 is 15.5 Å². The zero-order chi connectivity index (χ0) is 18.1. The van der Waals surface area contributed by atoms with Crippen molar-refractivity contribution in [2.24, 2.45) is 4.99 Å². The number of rotatable bonds is 9. The summed E-state index contributed by atoms with van der Waals surface area (Å²) in [7, 11) is 0. The Morgan fingerprint density at radius 3 is 2.48 bits per heavy atom. The number of hydrogen-bond acceptors (Lipinski definition) is 5. The van der Waals surface area contributed by atoms with E-state index in [0.29, 0.717) is 24.2 Å². The van der Waals surface area contributed by atoms with Crippen LogP contribution in [0.25, 0.3) is 0 Å². The van der Waals surface area contributed by atoms with E-state index in [4.69, 9.17) is 0 Å². The van der Waals surface area contributed by atoms with Crippen LogP contribution in [0.3, 0.4) is 0 Å². The molecule has 0 spiro atoms. The van der Waals surface area contributed by atoms with Gasteiger partial charge in [0.1, 0.15) is 5.78 Å². The summed E-state index contributed by atoms with van der Waals surface area (Å²) in [5.74, 6) is -0.0740. The minimum Gasteiger partial charge on any atom is -0.872 e. The van der Waals surface area contributed by atoms with Gasteiger partial charge < -0.3 is 15.5 Å². The van der Waals surface area contributed by atoms with Crippen LogP contribution in [0.2, 0.25) is 0 Å². The van der Waals surface area contributed by atoms with Crippen LogP contribution in [-0.2, 0) is 4.79 Å². The molecule has 0 aliphatic carbocycles. The Labute approximate surface area is 148 Å². The molecule has 0 aliphatic rings. The summed E-state index contributed by atoms with van der Waals surface area (Å²) in [6.45, 7) is 2.71. The van der Waals surface area contributed by atoms with Crippen molar-refractivity contribution in [3.05, 3.63) is 59.7 Å². The normalized spacial score (nSPS) is 12.4. The average Bonchev–Trinajstić information content (AvgIpc) is 2.58. The Morgan fingerprint density at radius 2 is 1.80 bits per heavy atom. The van der Waals surface area contributed by atoms with E-state index < -0.39 is 0 Å². The number of Topliss-reactive ketones (excluding diaryl/α,β-unsaturated/α-hetero) is 1. The van der Waals surface area contributed by atoms with Gasteiger partial charge in [-0.2, -0.15) is 0 Å². The lowest BCUT2D eigenvalue weighted by molar-refractivity contribution is -0.270. The molecule has 5 heteroatoms. The third kappa shape index (κ3) is 6.04. The second kappa shape index (κ2) is 9.59. The molecule has 0 radical (unpaired) electrons. The Kier molecular flexibility index (Phi) is 7.16. The molecule has 5 nitrogen and oxygen atoms in total. The second-order valence-corrected chi connectivity index (χ2v) is 5.88. The maximum Gasteiger partial charge on any atom is 0.131 e. The number of hydrogen-bond donors (Lipinski definition) is 1. The summed E-state index contributed by atoms with van der Waals surface area (Å²) >= 11 is 0. The second-order valence-electron chi connectivity index (χ2n) is 5.88. The predicted octanol–water partition coefficient (Wildman–Crippen LogP) is 1.95. The number of nitrogens with zero attached hydrogens (tertiary/aromatic N) is 1. The number of carbonyl (C=O) groups excluding carboxylic acids is 1. The van der Waals surface area contributed by atoms with Gasteiger partial charge in [0, 0.05) is 25.2 Å². The molecule has 25 heavy (non-hydrogen) atoms. The maximum atomic E-state index is 12.0. The smallest absolute Gasteiger partial charge is 0.131 e. The zero-order valence-corrected chi connectivity index (χ0v) is 14.3. The minimum atomic E-state index is -0.280. The highest BCUT2D eigenvalue weighted by atomic mass is 16.3. The fourth-order valence-electron chi connectivity index (χ4n) is 2.54. The van der Waals surface area contributed by atoms with E-state index in [-0.39, 0.29) is 29.7 Å². The van der Waals surface area contributed by atoms with Crippen molar-refractivity contribution in [3.63, 3.8) is 0 Å². The molecular weight excluding hydrogens is 316 g/mol. The molecule has 132 valence electrons. The molecule has 0 heterocycles. The van der Waals surface area contributed by atoms with E-state index in [0.717, 1.165) is 6.42 Å². The van der Waals surface area contributed by atoms with Crippen LogP contribution >= 0.6 is 0 Å². The van der Waals surface area contributed by atoms with Crippen molar-refractivity contribution in [2.75, 3.05) is 13.1 Å². The Bertz CT molecular complexity index is 728. The van der Waals surface area contributed by atoms with Crippen molar-refractivity contribution in [2.45, 2.75) is 25.8 Å². The zero-order valence-electron chi connectivity index (χ0n) is 14.3. The highest BCUT2D eigenvalue weighted by Gasteiger charge is 2.13. The molecular formula is C20H22N2O3-2. The molecule has 0 fully saturated rings. The van der Waals surface area contributed by atoms with E-state index in [1.165, 1.54) is 19.1 Å². The van der Waals surface area contributed by atoms with Crippen LogP contribution in [0.4, 0.5) is 0 Å². The maximum absolute atomic E-state index is 12.0. The number of ketones is 1. The Balaban J connectivity index is 1.84. The summed E-state index contributed by atoms with van der Waals surface area (Å²) in [5.41, 5.74) is 1.19. The molecule has 0 saturated carbocycles. The molecule has 2 aromatic rings. The number of nitrogens with one attached hydrogen (secondary N) is 1. The SMILES string of the molecule is CC(=O)CC(NCCCN=Cc1ccccc1[O-])c1ccccc1[O-]. The first-order chi connectivity index (χ1) is 12.1.